The van der Waals surface area contributed by atoms with Gasteiger partial charge in [0.25, 0.3) is 0 Å². The summed E-state index contributed by atoms with van der Waals surface area (Å²) in [6.45, 7) is 51.6. The van der Waals surface area contributed by atoms with E-state index in [1.54, 1.807) is 86.9 Å². The van der Waals surface area contributed by atoms with Crippen molar-refractivity contribution in [3.8, 4) is 17.2 Å². The standard InChI is InChI=1S/C11H14O3.C11H14O2.C10H12O2.C6H11O4P.C6H11O3P.C6H10O2.2C6H12O2.2C5H10O2.C4H8O2/c1-3-9(8-12)14-11-6-4-10(13-2)5-7-11;1-2-11(8-12)13-9-10-6-4-3-5-7-10;1-2-9(8-11)12-10-6-4-3-5-7-10;1-3-6-5-9-11(7,10-6)8-4-2;1-3-6-5-8-10(9-6)7-4-2;1-2-6-5-7-3-4-8-6;1-3-6(7)5-8-4-2;1-3-6(5-7)8-4-2;1-3-5(6)4-7-2;1-3-5(4-6)7-2;1-2-4(6)3-5/h3-7,9,12H,1,8H2,2H3;2-7,11-12H,1,8-9H2;2-7,9,11H,1,8H2;3,6H,1,4-5H2,2H3;3,6H,1,4-5H2,2H3;2,6H,1,3-5H2;2*3,6-7H,1,4-5H2,2H3;2*3,5-6H,1,4H2,2H3;2,4-6H,1,3H2. The Morgan fingerprint density at radius 1 is 0.500 bits per heavy atom. The first-order chi connectivity index (χ1) is 50.1. The summed E-state index contributed by atoms with van der Waals surface area (Å²) >= 11 is 0. The molecule has 3 aliphatic heterocycles. The predicted octanol–water partition coefficient (Wildman–Crippen LogP) is 10.2. The molecule has 3 heterocycles. The van der Waals surface area contributed by atoms with E-state index >= 15 is 0 Å². The van der Waals surface area contributed by atoms with Gasteiger partial charge in [-0.05, 0) is 81.8 Å². The van der Waals surface area contributed by atoms with Gasteiger partial charge in [0.15, 0.2) is 0 Å². The summed E-state index contributed by atoms with van der Waals surface area (Å²) in [5.41, 5.74) is 1.10. The van der Waals surface area contributed by atoms with Crippen LogP contribution in [-0.2, 0) is 71.5 Å². The van der Waals surface area contributed by atoms with Gasteiger partial charge in [0.05, 0.1) is 156 Å². The zero-order valence-electron chi connectivity index (χ0n) is 62.2. The van der Waals surface area contributed by atoms with E-state index in [1.165, 1.54) is 32.4 Å². The van der Waals surface area contributed by atoms with E-state index in [0.717, 1.165) is 23.7 Å². The number of phosphoric acid groups is 1. The van der Waals surface area contributed by atoms with Crippen molar-refractivity contribution < 1.29 is 125 Å². The summed E-state index contributed by atoms with van der Waals surface area (Å²) in [4.78, 5) is 0. The predicted molar refractivity (Wildman–Crippen MR) is 411 cm³/mol. The van der Waals surface area contributed by atoms with Crippen LogP contribution in [0.5, 0.6) is 17.2 Å². The van der Waals surface area contributed by atoms with E-state index in [9.17, 15) is 4.57 Å². The molecule has 9 N–H and O–H groups in total. The molecule has 3 fully saturated rings. The van der Waals surface area contributed by atoms with Crippen LogP contribution >= 0.6 is 16.4 Å². The first kappa shape index (κ1) is 107. The highest BCUT2D eigenvalue weighted by atomic mass is 31.2. The Kier molecular flexibility index (Phi) is 80.0. The minimum Gasteiger partial charge on any atom is -0.497 e. The van der Waals surface area contributed by atoms with Gasteiger partial charge >= 0.3 is 16.4 Å². The lowest BCUT2D eigenvalue weighted by molar-refractivity contribution is -0.0674. The summed E-state index contributed by atoms with van der Waals surface area (Å²) in [7, 11) is 0.397. The quantitative estimate of drug-likeness (QED) is 0.0191. The molecule has 28 heteroatoms. The molecule has 0 saturated carbocycles. The SMILES string of the molecule is C=CC(CO)OC.C=CC(CO)OCC.C=CC(CO)OCc1ccccc1.C=CC(CO)Oc1ccc(OC)cc1.C=CC(CO)Oc1ccccc1.C=CC(O)CO.C=CC(O)COC.C=CC(O)COCC.C=CC1COCCO1.C=CC1COP(=O)(OCC)O1.C=CC1COP(OCC)O1. The number of ether oxygens (including phenoxy) is 10. The summed E-state index contributed by atoms with van der Waals surface area (Å²) < 4.78 is 91.8. The average Bonchev–Trinajstić information content (AvgIpc) is 1.69. The molecule has 0 aromatic heterocycles. The Balaban J connectivity index is -0.000000349. The van der Waals surface area contributed by atoms with Crippen molar-refractivity contribution in [2.24, 2.45) is 0 Å². The largest absolute Gasteiger partial charge is 0.497 e. The fraction of sp³-hybridized carbons (Fsp3) is 0.474. The van der Waals surface area contributed by atoms with Crippen molar-refractivity contribution in [3.05, 3.63) is 230 Å². The number of para-hydroxylation sites is 1. The molecule has 26 nitrogen and oxygen atoms in total. The highest BCUT2D eigenvalue weighted by Gasteiger charge is 2.36. The summed E-state index contributed by atoms with van der Waals surface area (Å²) in [6, 6.07) is 26.4. The Labute approximate surface area is 620 Å². The average molecular weight is 1520 g/mol. The summed E-state index contributed by atoms with van der Waals surface area (Å²) in [5, 5.41) is 76.9. The maximum atomic E-state index is 11.3. The molecule has 3 aromatic rings. The zero-order chi connectivity index (χ0) is 79.5. The van der Waals surface area contributed by atoms with Gasteiger partial charge in [-0.1, -0.05) is 116 Å². The lowest BCUT2D eigenvalue weighted by Crippen LogP contribution is -2.26. The van der Waals surface area contributed by atoms with Crippen molar-refractivity contribution in [1.29, 1.82) is 0 Å². The molecule has 3 aromatic carbocycles. The van der Waals surface area contributed by atoms with E-state index in [0.29, 0.717) is 71.8 Å². The highest BCUT2D eigenvalue weighted by Crippen LogP contribution is 2.55. The van der Waals surface area contributed by atoms with Crippen molar-refractivity contribution in [2.45, 2.75) is 101 Å². The second-order valence-corrected chi connectivity index (χ2v) is 22.6. The smallest absolute Gasteiger partial charge is 0.475 e. The van der Waals surface area contributed by atoms with Crippen LogP contribution in [0, 0.1) is 0 Å². The van der Waals surface area contributed by atoms with Crippen molar-refractivity contribution in [1.82, 2.24) is 0 Å². The van der Waals surface area contributed by atoms with Crippen LogP contribution in [0.4, 0.5) is 0 Å². The highest BCUT2D eigenvalue weighted by molar-refractivity contribution is 7.48. The van der Waals surface area contributed by atoms with Gasteiger partial charge in [-0.2, -0.15) is 0 Å². The van der Waals surface area contributed by atoms with Crippen molar-refractivity contribution >= 4 is 16.4 Å². The number of benzene rings is 3. The Hall–Kier alpha value is -6.02. The van der Waals surface area contributed by atoms with Crippen molar-refractivity contribution in [3.63, 3.8) is 0 Å². The van der Waals surface area contributed by atoms with E-state index in [1.807, 2.05) is 81.4 Å². The van der Waals surface area contributed by atoms with Gasteiger partial charge in [0, 0.05) is 27.4 Å². The van der Waals surface area contributed by atoms with Gasteiger partial charge in [-0.3, -0.25) is 13.6 Å². The first-order valence-corrected chi connectivity index (χ1v) is 35.7. The lowest BCUT2D eigenvalue weighted by atomic mass is 10.2. The number of methoxy groups -OCH3 is 3. The molecule has 104 heavy (non-hydrogen) atoms. The Morgan fingerprint density at radius 3 is 1.31 bits per heavy atom. The fourth-order valence-electron chi connectivity index (χ4n) is 6.03. The normalized spacial score (nSPS) is 18.5. The van der Waals surface area contributed by atoms with Crippen molar-refractivity contribution in [2.75, 3.05) is 134 Å². The van der Waals surface area contributed by atoms with E-state index in [-0.39, 0.29) is 95.1 Å². The van der Waals surface area contributed by atoms with E-state index in [4.69, 9.17) is 111 Å². The molecule has 0 amide bonds. The second-order valence-electron chi connectivity index (χ2n) is 19.8. The van der Waals surface area contributed by atoms with Crippen LogP contribution in [0.25, 0.3) is 0 Å². The van der Waals surface area contributed by atoms with Gasteiger partial charge in [0.2, 0.25) is 0 Å². The zero-order valence-corrected chi connectivity index (χ0v) is 63.9. The third-order valence-electron chi connectivity index (χ3n) is 11.8. The number of hydrogen-bond acceptors (Lipinski definition) is 26. The number of aliphatic hydroxyl groups is 9. The van der Waals surface area contributed by atoms with Crippen LogP contribution < -0.4 is 14.2 Å². The number of aliphatic hydroxyl groups excluding tert-OH is 9. The molecule has 3 saturated heterocycles. The maximum absolute atomic E-state index is 11.3. The number of hydrogen-bond donors (Lipinski definition) is 9. The monoisotopic (exact) mass is 1510 g/mol. The van der Waals surface area contributed by atoms with Gasteiger partial charge in [-0.15, -0.1) is 59.2 Å². The van der Waals surface area contributed by atoms with Crippen LogP contribution in [0.15, 0.2) is 224 Å². The summed E-state index contributed by atoms with van der Waals surface area (Å²) in [5.74, 6) is 2.21. The molecule has 0 radical (unpaired) electrons. The Bertz CT molecular complexity index is 2520. The molecule has 13 unspecified atom stereocenters. The molecule has 0 aliphatic carbocycles. The molecular weight excluding hydrogens is 1390 g/mol. The minimum absolute atomic E-state index is 0.0139. The molecule has 0 bridgehead atoms. The number of rotatable bonds is 37. The first-order valence-electron chi connectivity index (χ1n) is 33.1. The second kappa shape index (κ2) is 78.1. The molecule has 6 rings (SSSR count). The van der Waals surface area contributed by atoms with E-state index in [2.05, 4.69) is 81.8 Å². The molecule has 3 aliphatic rings. The van der Waals surface area contributed by atoms with Gasteiger partial charge in [-0.25, -0.2) is 4.57 Å². The molecule has 594 valence electrons. The molecule has 0 spiro atoms. The Morgan fingerprint density at radius 2 is 0.981 bits per heavy atom. The fourth-order valence-corrected chi connectivity index (χ4v) is 8.39. The maximum Gasteiger partial charge on any atom is 0.475 e. The van der Waals surface area contributed by atoms with Crippen LogP contribution in [0.2, 0.25) is 0 Å². The third kappa shape index (κ3) is 64.4. The third-order valence-corrected chi connectivity index (χ3v) is 14.6. The lowest BCUT2D eigenvalue weighted by Gasteiger charge is -2.19. The number of phosphoric ester groups is 1. The van der Waals surface area contributed by atoms with Gasteiger partial charge < -0.3 is 107 Å². The van der Waals surface area contributed by atoms with Crippen LogP contribution in [0.3, 0.4) is 0 Å². The summed E-state index contributed by atoms with van der Waals surface area (Å²) in [6.07, 6.45) is 13.9. The van der Waals surface area contributed by atoms with E-state index < -0.39 is 34.7 Å². The molecular formula is C76H124O26P2. The minimum atomic E-state index is -3.21. The van der Waals surface area contributed by atoms with Crippen LogP contribution in [0.1, 0.15) is 33.3 Å². The van der Waals surface area contributed by atoms with Gasteiger partial charge in [0.1, 0.15) is 41.7 Å². The topological polar surface area (TPSA) is 347 Å². The van der Waals surface area contributed by atoms with Crippen LogP contribution in [-0.4, -0.2) is 247 Å². The molecule has 13 atom stereocenters.